The van der Waals surface area contributed by atoms with E-state index in [4.69, 9.17) is 14.3 Å². The van der Waals surface area contributed by atoms with Crippen LogP contribution in [0.1, 0.15) is 48.8 Å². The first-order chi connectivity index (χ1) is 19.8. The summed E-state index contributed by atoms with van der Waals surface area (Å²) in [6.45, 7) is 3.44. The fraction of sp³-hybridized carbons (Fsp3) is 0.500. The highest BCUT2D eigenvalue weighted by atomic mass is 16.8. The summed E-state index contributed by atoms with van der Waals surface area (Å²) in [6.07, 6.45) is 1.15. The Labute approximate surface area is 237 Å². The fourth-order valence-electron chi connectivity index (χ4n) is 4.70. The van der Waals surface area contributed by atoms with E-state index in [1.54, 1.807) is 13.0 Å². The van der Waals surface area contributed by atoms with Gasteiger partial charge in [-0.15, -0.1) is 5.06 Å². The molecule has 2 atom stereocenters. The van der Waals surface area contributed by atoms with Crippen molar-refractivity contribution in [3.63, 3.8) is 0 Å². The molecule has 1 unspecified atom stereocenters. The maximum absolute atomic E-state index is 13.5. The Morgan fingerprint density at radius 2 is 1.88 bits per heavy atom. The van der Waals surface area contributed by atoms with Crippen LogP contribution < -0.4 is 5.32 Å². The molecule has 0 spiro atoms. The summed E-state index contributed by atoms with van der Waals surface area (Å²) in [5.74, 6) is -1.74. The van der Waals surface area contributed by atoms with Crippen LogP contribution in [-0.2, 0) is 30.3 Å². The third kappa shape index (κ3) is 8.69. The van der Waals surface area contributed by atoms with Crippen molar-refractivity contribution in [3.05, 3.63) is 47.8 Å². The molecule has 0 aliphatic carbocycles. The number of nitrogens with one attached hydrogen (secondary N) is 1. The number of aromatic nitrogens is 2. The summed E-state index contributed by atoms with van der Waals surface area (Å²) in [5, 5.41) is 13.4. The second kappa shape index (κ2) is 14.5. The molecule has 220 valence electrons. The number of nitrogens with zero attached hydrogens (tertiary/aromatic N) is 4. The van der Waals surface area contributed by atoms with E-state index in [0.717, 1.165) is 18.4 Å². The predicted octanol–water partition coefficient (Wildman–Crippen LogP) is 2.06. The van der Waals surface area contributed by atoms with E-state index < -0.39 is 30.0 Å². The lowest BCUT2D eigenvalue weighted by Crippen LogP contribution is -2.55. The second-order valence-electron chi connectivity index (χ2n) is 9.76. The Morgan fingerprint density at radius 1 is 1.12 bits per heavy atom. The van der Waals surface area contributed by atoms with E-state index in [0.29, 0.717) is 24.5 Å². The smallest absolute Gasteiger partial charge is 0.481 e. The number of benzene rings is 1. The molecule has 2 N–H and O–H groups in total. The highest BCUT2D eigenvalue weighted by Gasteiger charge is 2.31. The fourth-order valence-corrected chi connectivity index (χ4v) is 4.70. The van der Waals surface area contributed by atoms with Gasteiger partial charge in [0.15, 0.2) is 5.82 Å². The first-order valence-electron chi connectivity index (χ1n) is 13.8. The maximum atomic E-state index is 13.5. The Morgan fingerprint density at radius 3 is 2.54 bits per heavy atom. The number of ether oxygens (including phenoxy) is 2. The molecule has 2 aliphatic rings. The molecule has 41 heavy (non-hydrogen) atoms. The number of carboxylic acid groups (broad SMARTS) is 1. The van der Waals surface area contributed by atoms with E-state index in [1.165, 1.54) is 9.96 Å². The molecule has 3 heterocycles. The maximum Gasteiger partial charge on any atom is 0.527 e. The topological polar surface area (TPSA) is 160 Å². The lowest BCUT2D eigenvalue weighted by molar-refractivity contribution is -0.157. The van der Waals surface area contributed by atoms with Gasteiger partial charge in [0.2, 0.25) is 5.91 Å². The molecule has 0 bridgehead atoms. The lowest BCUT2D eigenvalue weighted by atomic mass is 10.1. The van der Waals surface area contributed by atoms with Crippen LogP contribution in [0.4, 0.5) is 4.79 Å². The number of hydrogen-bond acceptors (Lipinski definition) is 10. The minimum absolute atomic E-state index is 0.000743. The van der Waals surface area contributed by atoms with E-state index in [2.05, 4.69) is 15.3 Å². The summed E-state index contributed by atoms with van der Waals surface area (Å²) >= 11 is 0. The van der Waals surface area contributed by atoms with Gasteiger partial charge in [0.1, 0.15) is 11.7 Å². The summed E-state index contributed by atoms with van der Waals surface area (Å²) in [7, 11) is 0. The molecule has 2 saturated heterocycles. The lowest BCUT2D eigenvalue weighted by Gasteiger charge is -2.35. The first-order valence-corrected chi connectivity index (χ1v) is 13.8. The van der Waals surface area contributed by atoms with Crippen molar-refractivity contribution >= 4 is 23.9 Å². The van der Waals surface area contributed by atoms with E-state index in [-0.39, 0.29) is 57.4 Å². The second-order valence-corrected chi connectivity index (χ2v) is 9.76. The number of carboxylic acids is 1. The zero-order valence-corrected chi connectivity index (χ0v) is 23.0. The van der Waals surface area contributed by atoms with Crippen LogP contribution in [0, 0.1) is 0 Å². The van der Waals surface area contributed by atoms with Crippen LogP contribution in [0.25, 0.3) is 11.4 Å². The van der Waals surface area contributed by atoms with Crippen LogP contribution in [0.5, 0.6) is 0 Å². The number of carbonyl (C=O) groups excluding carboxylic acids is 3. The van der Waals surface area contributed by atoms with Crippen LogP contribution in [0.2, 0.25) is 0 Å². The van der Waals surface area contributed by atoms with Gasteiger partial charge >= 0.3 is 12.1 Å². The quantitative estimate of drug-likeness (QED) is 0.381. The number of rotatable bonds is 11. The third-order valence-corrected chi connectivity index (χ3v) is 6.77. The average molecular weight is 570 g/mol. The van der Waals surface area contributed by atoms with Gasteiger partial charge in [-0.25, -0.2) is 14.8 Å². The van der Waals surface area contributed by atoms with Crippen molar-refractivity contribution in [1.29, 1.82) is 0 Å². The number of carbonyl (C=O) groups is 4. The Bertz CT molecular complexity index is 1210. The van der Waals surface area contributed by atoms with Gasteiger partial charge in [0.05, 0.1) is 25.8 Å². The SMILES string of the molecule is CCOC(=O)ON1CCN(C(=O)C(CCC(=O)O)NC(=O)c2cc(C[C@@H]3CCCO3)nc(-c3ccccc3)n2)CC1. The predicted molar refractivity (Wildman–Crippen MR) is 145 cm³/mol. The number of hydrogen-bond donors (Lipinski definition) is 2. The molecule has 13 heteroatoms. The Kier molecular flexibility index (Phi) is 10.6. The van der Waals surface area contributed by atoms with Crippen LogP contribution in [0.15, 0.2) is 36.4 Å². The number of amides is 2. The van der Waals surface area contributed by atoms with Gasteiger partial charge in [0.25, 0.3) is 5.91 Å². The van der Waals surface area contributed by atoms with Gasteiger partial charge in [0, 0.05) is 43.8 Å². The van der Waals surface area contributed by atoms with Gasteiger partial charge in [-0.2, -0.15) is 0 Å². The minimum Gasteiger partial charge on any atom is -0.481 e. The Balaban J connectivity index is 1.49. The van der Waals surface area contributed by atoms with Crippen molar-refractivity contribution < 1.29 is 38.6 Å². The standard InChI is InChI=1S/C28H35N5O8/c1-2-39-28(38)41-33-14-12-32(13-15-33)27(37)22(10-11-24(34)35)31-26(36)23-18-20(17-21-9-6-16-40-21)29-25(30-23)19-7-4-3-5-8-19/h3-5,7-8,18,21-22H,2,6,9-17H2,1H3,(H,31,36)(H,34,35)/t21-,22?/m0/s1. The molecule has 2 aliphatic heterocycles. The monoisotopic (exact) mass is 569 g/mol. The summed E-state index contributed by atoms with van der Waals surface area (Å²) in [5.41, 5.74) is 1.45. The molecule has 13 nitrogen and oxygen atoms in total. The number of aliphatic carboxylic acids is 1. The molecular formula is C28H35N5O8. The van der Waals surface area contributed by atoms with Crippen molar-refractivity contribution in [3.8, 4) is 11.4 Å². The van der Waals surface area contributed by atoms with E-state index in [9.17, 15) is 24.3 Å². The van der Waals surface area contributed by atoms with Gasteiger partial charge in [-0.3, -0.25) is 14.4 Å². The average Bonchev–Trinajstić information content (AvgIpc) is 3.48. The van der Waals surface area contributed by atoms with Crippen LogP contribution >= 0.6 is 0 Å². The van der Waals surface area contributed by atoms with Gasteiger partial charge in [-0.05, 0) is 32.3 Å². The highest BCUT2D eigenvalue weighted by Crippen LogP contribution is 2.20. The molecule has 1 aromatic heterocycles. The summed E-state index contributed by atoms with van der Waals surface area (Å²) in [4.78, 5) is 65.5. The molecule has 2 amide bonds. The zero-order chi connectivity index (χ0) is 29.2. The Hall–Kier alpha value is -4.10. The molecular weight excluding hydrogens is 534 g/mol. The van der Waals surface area contributed by atoms with Crippen molar-refractivity contribution in [2.24, 2.45) is 0 Å². The van der Waals surface area contributed by atoms with Crippen molar-refractivity contribution in [2.75, 3.05) is 39.4 Å². The normalized spacial score (nSPS) is 18.0. The minimum atomic E-state index is -1.09. The zero-order valence-electron chi connectivity index (χ0n) is 23.0. The molecule has 1 aromatic carbocycles. The van der Waals surface area contributed by atoms with Crippen LogP contribution in [-0.4, -0.2) is 101 Å². The van der Waals surface area contributed by atoms with Gasteiger partial charge < -0.3 is 29.6 Å². The molecule has 2 fully saturated rings. The van der Waals surface area contributed by atoms with Crippen LogP contribution in [0.3, 0.4) is 0 Å². The number of hydroxylamine groups is 2. The van der Waals surface area contributed by atoms with E-state index >= 15 is 0 Å². The molecule has 0 radical (unpaired) electrons. The third-order valence-electron chi connectivity index (χ3n) is 6.77. The van der Waals surface area contributed by atoms with Crippen molar-refractivity contribution in [1.82, 2.24) is 25.2 Å². The molecule has 2 aromatic rings. The highest BCUT2D eigenvalue weighted by molar-refractivity contribution is 5.96. The van der Waals surface area contributed by atoms with Crippen molar-refractivity contribution in [2.45, 2.75) is 51.2 Å². The molecule has 4 rings (SSSR count). The first kappa shape index (κ1) is 29.9. The van der Waals surface area contributed by atoms with E-state index in [1.807, 2.05) is 30.3 Å². The summed E-state index contributed by atoms with van der Waals surface area (Å²) in [6, 6.07) is 9.76. The number of piperazine rings is 1. The summed E-state index contributed by atoms with van der Waals surface area (Å²) < 4.78 is 10.5. The molecule has 0 saturated carbocycles. The largest absolute Gasteiger partial charge is 0.527 e. The van der Waals surface area contributed by atoms with Gasteiger partial charge in [-0.1, -0.05) is 30.3 Å².